The summed E-state index contributed by atoms with van der Waals surface area (Å²) in [6.07, 6.45) is 5.09. The summed E-state index contributed by atoms with van der Waals surface area (Å²) in [6.45, 7) is 0.824. The second-order valence-corrected chi connectivity index (χ2v) is 3.84. The minimum absolute atomic E-state index is 0.0353. The zero-order valence-corrected chi connectivity index (χ0v) is 8.35. The minimum Gasteiger partial charge on any atom is -0.481 e. The monoisotopic (exact) mass is 210 g/mol. The van der Waals surface area contributed by atoms with Crippen molar-refractivity contribution in [1.29, 1.82) is 0 Å². The van der Waals surface area contributed by atoms with Crippen molar-refractivity contribution in [3.8, 4) is 0 Å². The predicted molar refractivity (Wildman–Crippen MR) is 52.5 cm³/mol. The van der Waals surface area contributed by atoms with Gasteiger partial charge in [-0.15, -0.1) is 0 Å². The summed E-state index contributed by atoms with van der Waals surface area (Å²) < 4.78 is 5.24. The maximum absolute atomic E-state index is 10.6. The molecule has 0 radical (unpaired) electrons. The van der Waals surface area contributed by atoms with Crippen LogP contribution in [0.15, 0.2) is 16.9 Å². The Morgan fingerprint density at radius 1 is 1.73 bits per heavy atom. The molecule has 0 aliphatic carbocycles. The second-order valence-electron chi connectivity index (χ2n) is 3.84. The van der Waals surface area contributed by atoms with E-state index in [1.807, 2.05) is 0 Å². The molecule has 1 aliphatic heterocycles. The zero-order chi connectivity index (χ0) is 10.7. The van der Waals surface area contributed by atoms with Crippen molar-refractivity contribution in [3.63, 3.8) is 0 Å². The molecule has 1 aliphatic rings. The number of carboxylic acids is 1. The van der Waals surface area contributed by atoms with Crippen LogP contribution in [0.5, 0.6) is 0 Å². The Bertz CT molecular complexity index is 323. The topological polar surface area (TPSA) is 75.4 Å². The zero-order valence-electron chi connectivity index (χ0n) is 8.35. The van der Waals surface area contributed by atoms with Crippen LogP contribution in [0.1, 0.15) is 31.1 Å². The number of oxazole rings is 1. The Morgan fingerprint density at radius 3 is 3.27 bits per heavy atom. The van der Waals surface area contributed by atoms with E-state index in [1.165, 1.54) is 0 Å². The first-order valence-corrected chi connectivity index (χ1v) is 5.10. The van der Waals surface area contributed by atoms with Crippen LogP contribution in [0, 0.1) is 0 Å². The highest BCUT2D eigenvalue weighted by Crippen LogP contribution is 2.27. The number of carbonyl (C=O) groups is 1. The van der Waals surface area contributed by atoms with Crippen LogP contribution in [0.25, 0.3) is 0 Å². The lowest BCUT2D eigenvalue weighted by Crippen LogP contribution is -2.38. The van der Waals surface area contributed by atoms with E-state index in [4.69, 9.17) is 9.52 Å². The number of carboxylic acid groups (broad SMARTS) is 1. The van der Waals surface area contributed by atoms with Gasteiger partial charge in [0.2, 0.25) is 0 Å². The number of aromatic nitrogens is 1. The lowest BCUT2D eigenvalue weighted by atomic mass is 9.91. The molecule has 2 heterocycles. The van der Waals surface area contributed by atoms with Crippen LogP contribution in [0.3, 0.4) is 0 Å². The fourth-order valence-corrected chi connectivity index (χ4v) is 2.03. The van der Waals surface area contributed by atoms with Crippen molar-refractivity contribution in [3.05, 3.63) is 18.4 Å². The first-order chi connectivity index (χ1) is 7.25. The van der Waals surface area contributed by atoms with Gasteiger partial charge in [-0.3, -0.25) is 4.79 Å². The van der Waals surface area contributed by atoms with E-state index in [1.54, 1.807) is 12.5 Å². The maximum Gasteiger partial charge on any atom is 0.304 e. The van der Waals surface area contributed by atoms with Crippen molar-refractivity contribution >= 4 is 5.97 Å². The maximum atomic E-state index is 10.6. The summed E-state index contributed by atoms with van der Waals surface area (Å²) in [4.78, 5) is 14.7. The molecule has 0 spiro atoms. The van der Waals surface area contributed by atoms with Gasteiger partial charge in [0.05, 0.1) is 12.6 Å². The predicted octanol–water partition coefficient (Wildman–Crippen LogP) is 0.985. The molecule has 1 saturated heterocycles. The van der Waals surface area contributed by atoms with Crippen molar-refractivity contribution in [2.45, 2.75) is 31.2 Å². The van der Waals surface area contributed by atoms with Crippen molar-refractivity contribution in [2.24, 2.45) is 0 Å². The highest BCUT2D eigenvalue weighted by Gasteiger charge is 2.26. The lowest BCUT2D eigenvalue weighted by molar-refractivity contribution is -0.137. The Labute approximate surface area is 87.5 Å². The molecule has 0 bridgehead atoms. The SMILES string of the molecule is O=C(O)CC1CC(c2ncco2)CCN1. The summed E-state index contributed by atoms with van der Waals surface area (Å²) in [5, 5.41) is 11.9. The summed E-state index contributed by atoms with van der Waals surface area (Å²) in [7, 11) is 0. The first-order valence-electron chi connectivity index (χ1n) is 5.10. The molecule has 2 N–H and O–H groups in total. The number of hydrogen-bond acceptors (Lipinski definition) is 4. The molecule has 1 fully saturated rings. The Balaban J connectivity index is 1.95. The van der Waals surface area contributed by atoms with Gasteiger partial charge in [-0.2, -0.15) is 0 Å². The third kappa shape index (κ3) is 2.56. The van der Waals surface area contributed by atoms with Gasteiger partial charge in [0.25, 0.3) is 0 Å². The van der Waals surface area contributed by atoms with Gasteiger partial charge in [0, 0.05) is 12.0 Å². The number of nitrogens with one attached hydrogen (secondary N) is 1. The third-order valence-electron chi connectivity index (χ3n) is 2.72. The molecule has 1 aromatic heterocycles. The molecule has 2 rings (SSSR count). The van der Waals surface area contributed by atoms with Gasteiger partial charge in [-0.25, -0.2) is 4.98 Å². The molecule has 1 aromatic rings. The average molecular weight is 210 g/mol. The normalized spacial score (nSPS) is 26.4. The molecule has 5 heteroatoms. The van der Waals surface area contributed by atoms with E-state index in [0.29, 0.717) is 0 Å². The number of aliphatic carboxylic acids is 1. The van der Waals surface area contributed by atoms with E-state index < -0.39 is 5.97 Å². The quantitative estimate of drug-likeness (QED) is 0.778. The molecule has 0 saturated carbocycles. The van der Waals surface area contributed by atoms with Crippen molar-refractivity contribution < 1.29 is 14.3 Å². The second kappa shape index (κ2) is 4.44. The smallest absolute Gasteiger partial charge is 0.304 e. The van der Waals surface area contributed by atoms with Crippen LogP contribution in [-0.2, 0) is 4.79 Å². The molecule has 2 unspecified atom stereocenters. The van der Waals surface area contributed by atoms with Crippen LogP contribution in [-0.4, -0.2) is 28.6 Å². The lowest BCUT2D eigenvalue weighted by Gasteiger charge is -2.27. The summed E-state index contributed by atoms with van der Waals surface area (Å²) in [5.74, 6) is 0.220. The van der Waals surface area contributed by atoms with Crippen molar-refractivity contribution in [2.75, 3.05) is 6.54 Å². The van der Waals surface area contributed by atoms with E-state index >= 15 is 0 Å². The van der Waals surface area contributed by atoms with Crippen LogP contribution in [0.2, 0.25) is 0 Å². The van der Waals surface area contributed by atoms with Gasteiger partial charge in [-0.1, -0.05) is 0 Å². The molecule has 2 atom stereocenters. The van der Waals surface area contributed by atoms with Gasteiger partial charge < -0.3 is 14.8 Å². The highest BCUT2D eigenvalue weighted by molar-refractivity contribution is 5.67. The molecular formula is C10H14N2O3. The average Bonchev–Trinajstić information content (AvgIpc) is 2.69. The Kier molecular flexibility index (Phi) is 3.01. The fraction of sp³-hybridized carbons (Fsp3) is 0.600. The highest BCUT2D eigenvalue weighted by atomic mass is 16.4. The summed E-state index contributed by atoms with van der Waals surface area (Å²) in [5.41, 5.74) is 0. The van der Waals surface area contributed by atoms with Gasteiger partial charge in [-0.05, 0) is 19.4 Å². The standard InChI is InChI=1S/C10H14N2O3/c13-9(14)6-8-5-7(1-2-11-8)10-12-3-4-15-10/h3-4,7-8,11H,1-2,5-6H2,(H,13,14). The third-order valence-corrected chi connectivity index (χ3v) is 2.72. The fourth-order valence-electron chi connectivity index (χ4n) is 2.03. The van der Waals surface area contributed by atoms with Crippen LogP contribution in [0.4, 0.5) is 0 Å². The number of nitrogens with zero attached hydrogens (tertiary/aromatic N) is 1. The molecule has 15 heavy (non-hydrogen) atoms. The van der Waals surface area contributed by atoms with Crippen LogP contribution >= 0.6 is 0 Å². The van der Waals surface area contributed by atoms with Gasteiger partial charge >= 0.3 is 5.97 Å². The molecule has 82 valence electrons. The number of piperidine rings is 1. The summed E-state index contributed by atoms with van der Waals surface area (Å²) >= 11 is 0. The molecule has 0 aromatic carbocycles. The first kappa shape index (κ1) is 10.2. The van der Waals surface area contributed by atoms with E-state index in [-0.39, 0.29) is 18.4 Å². The Hall–Kier alpha value is -1.36. The summed E-state index contributed by atoms with van der Waals surface area (Å²) in [6, 6.07) is 0.0353. The molecule has 5 nitrogen and oxygen atoms in total. The van der Waals surface area contributed by atoms with Crippen LogP contribution < -0.4 is 5.32 Å². The Morgan fingerprint density at radius 2 is 2.60 bits per heavy atom. The van der Waals surface area contributed by atoms with E-state index in [2.05, 4.69) is 10.3 Å². The minimum atomic E-state index is -0.763. The number of rotatable bonds is 3. The molecular weight excluding hydrogens is 196 g/mol. The van der Waals surface area contributed by atoms with Crippen molar-refractivity contribution in [1.82, 2.24) is 10.3 Å². The molecule has 0 amide bonds. The van der Waals surface area contributed by atoms with E-state index in [0.717, 1.165) is 25.3 Å². The van der Waals surface area contributed by atoms with Gasteiger partial charge in [0.15, 0.2) is 5.89 Å². The number of hydrogen-bond donors (Lipinski definition) is 2. The van der Waals surface area contributed by atoms with E-state index in [9.17, 15) is 4.79 Å². The van der Waals surface area contributed by atoms with Gasteiger partial charge in [0.1, 0.15) is 6.26 Å². The largest absolute Gasteiger partial charge is 0.481 e.